The van der Waals surface area contributed by atoms with E-state index >= 15 is 0 Å². The van der Waals surface area contributed by atoms with Crippen LogP contribution in [0.1, 0.15) is 45.7 Å². The number of likely N-dealkylation sites (tertiary alicyclic amines) is 1. The second-order valence-electron chi connectivity index (χ2n) is 7.50. The molecule has 140 valence electrons. The number of carbonyl (C=O) groups excluding carboxylic acids is 1. The van der Waals surface area contributed by atoms with Crippen molar-refractivity contribution in [1.82, 2.24) is 20.5 Å². The lowest BCUT2D eigenvalue weighted by Crippen LogP contribution is -2.57. The van der Waals surface area contributed by atoms with Gasteiger partial charge >= 0.3 is 6.03 Å². The van der Waals surface area contributed by atoms with Crippen LogP contribution in [0, 0.1) is 5.92 Å². The third-order valence-corrected chi connectivity index (χ3v) is 4.98. The lowest BCUT2D eigenvalue weighted by molar-refractivity contribution is 0.133. The molecule has 6 heteroatoms. The fourth-order valence-electron chi connectivity index (χ4n) is 3.52. The average Bonchev–Trinajstić information content (AvgIpc) is 2.58. The zero-order chi connectivity index (χ0) is 18.3. The van der Waals surface area contributed by atoms with Gasteiger partial charge in [-0.15, -0.1) is 0 Å². The minimum absolute atomic E-state index is 0.0493. The molecule has 1 aliphatic heterocycles. The van der Waals surface area contributed by atoms with E-state index in [0.717, 1.165) is 44.6 Å². The van der Waals surface area contributed by atoms with Crippen LogP contribution >= 0.6 is 0 Å². The van der Waals surface area contributed by atoms with Crippen molar-refractivity contribution in [2.24, 2.45) is 5.92 Å². The van der Waals surface area contributed by atoms with E-state index in [1.54, 1.807) is 0 Å². The van der Waals surface area contributed by atoms with Gasteiger partial charge in [0, 0.05) is 31.9 Å². The van der Waals surface area contributed by atoms with Gasteiger partial charge in [0.1, 0.15) is 0 Å². The van der Waals surface area contributed by atoms with Gasteiger partial charge < -0.3 is 15.7 Å². The molecular weight excluding hydrogens is 316 g/mol. The summed E-state index contributed by atoms with van der Waals surface area (Å²) in [5.41, 5.74) is 0.527. The van der Waals surface area contributed by atoms with Gasteiger partial charge in [-0.1, -0.05) is 26.3 Å². The Morgan fingerprint density at radius 2 is 2.28 bits per heavy atom. The van der Waals surface area contributed by atoms with E-state index in [2.05, 4.69) is 27.4 Å². The molecule has 1 saturated heterocycles. The molecule has 2 amide bonds. The predicted molar refractivity (Wildman–Crippen MR) is 99.1 cm³/mol. The standard InChI is InChI=1S/C19H32N4O2/c1-4-9-19(3,14-24)22-18(25)21-17-8-11-23(12-15(17)2)13-16-7-5-6-10-20-16/h5-7,10,15,17,24H,4,8-9,11-14H2,1-3H3,(H2,21,22,25). The molecule has 1 aromatic heterocycles. The summed E-state index contributed by atoms with van der Waals surface area (Å²) in [6.07, 6.45) is 4.42. The zero-order valence-electron chi connectivity index (χ0n) is 15.7. The molecule has 1 aliphatic rings. The van der Waals surface area contributed by atoms with Crippen molar-refractivity contribution in [3.8, 4) is 0 Å². The molecule has 3 unspecified atom stereocenters. The number of hydrogen-bond donors (Lipinski definition) is 3. The van der Waals surface area contributed by atoms with Gasteiger partial charge in [0.2, 0.25) is 0 Å². The number of nitrogens with zero attached hydrogens (tertiary/aromatic N) is 2. The number of carbonyl (C=O) groups is 1. The van der Waals surface area contributed by atoms with Crippen LogP contribution in [0.2, 0.25) is 0 Å². The lowest BCUT2D eigenvalue weighted by atomic mass is 9.93. The number of aliphatic hydroxyl groups is 1. The zero-order valence-corrected chi connectivity index (χ0v) is 15.7. The molecule has 2 heterocycles. The van der Waals surface area contributed by atoms with E-state index in [9.17, 15) is 9.90 Å². The first-order valence-corrected chi connectivity index (χ1v) is 9.27. The van der Waals surface area contributed by atoms with Crippen LogP contribution < -0.4 is 10.6 Å². The second-order valence-corrected chi connectivity index (χ2v) is 7.50. The summed E-state index contributed by atoms with van der Waals surface area (Å²) in [5.74, 6) is 0.370. The summed E-state index contributed by atoms with van der Waals surface area (Å²) in [5, 5.41) is 15.6. The topological polar surface area (TPSA) is 77.5 Å². The highest BCUT2D eigenvalue weighted by molar-refractivity contribution is 5.75. The predicted octanol–water partition coefficient (Wildman–Crippen LogP) is 2.14. The summed E-state index contributed by atoms with van der Waals surface area (Å²) in [4.78, 5) is 19.1. The molecule has 6 nitrogen and oxygen atoms in total. The summed E-state index contributed by atoms with van der Waals surface area (Å²) < 4.78 is 0. The highest BCUT2D eigenvalue weighted by Gasteiger charge is 2.30. The van der Waals surface area contributed by atoms with E-state index < -0.39 is 5.54 Å². The Kier molecular flexibility index (Phi) is 7.20. The van der Waals surface area contributed by atoms with Gasteiger partial charge in [0.05, 0.1) is 17.8 Å². The van der Waals surface area contributed by atoms with Crippen molar-refractivity contribution in [3.63, 3.8) is 0 Å². The molecule has 3 atom stereocenters. The Hall–Kier alpha value is -1.66. The van der Waals surface area contributed by atoms with Gasteiger partial charge in [-0.3, -0.25) is 9.88 Å². The minimum Gasteiger partial charge on any atom is -0.394 e. The van der Waals surface area contributed by atoms with Crippen LogP contribution in [-0.2, 0) is 6.54 Å². The summed E-state index contributed by atoms with van der Waals surface area (Å²) in [6.45, 7) is 8.79. The molecule has 0 spiro atoms. The summed E-state index contributed by atoms with van der Waals surface area (Å²) in [7, 11) is 0. The van der Waals surface area contributed by atoms with Crippen molar-refractivity contribution in [2.75, 3.05) is 19.7 Å². The number of rotatable bonds is 7. The lowest BCUT2D eigenvalue weighted by Gasteiger charge is -2.38. The van der Waals surface area contributed by atoms with E-state index in [0.29, 0.717) is 5.92 Å². The largest absolute Gasteiger partial charge is 0.394 e. The molecule has 0 aliphatic carbocycles. The molecule has 0 radical (unpaired) electrons. The molecule has 3 N–H and O–H groups in total. The van der Waals surface area contributed by atoms with Crippen molar-refractivity contribution >= 4 is 6.03 Å². The van der Waals surface area contributed by atoms with Crippen LogP contribution in [-0.4, -0.2) is 52.3 Å². The van der Waals surface area contributed by atoms with Crippen LogP contribution in [0.15, 0.2) is 24.4 Å². The van der Waals surface area contributed by atoms with Crippen molar-refractivity contribution in [2.45, 2.75) is 58.2 Å². The molecular formula is C19H32N4O2. The third-order valence-electron chi connectivity index (χ3n) is 4.98. The van der Waals surface area contributed by atoms with E-state index in [4.69, 9.17) is 0 Å². The molecule has 1 aromatic rings. The van der Waals surface area contributed by atoms with E-state index in [-0.39, 0.29) is 18.7 Å². The first kappa shape index (κ1) is 19.7. The number of amides is 2. The van der Waals surface area contributed by atoms with Gasteiger partial charge in [-0.2, -0.15) is 0 Å². The van der Waals surface area contributed by atoms with Gasteiger partial charge in [-0.25, -0.2) is 4.79 Å². The van der Waals surface area contributed by atoms with Crippen molar-refractivity contribution in [3.05, 3.63) is 30.1 Å². The van der Waals surface area contributed by atoms with Crippen molar-refractivity contribution < 1.29 is 9.90 Å². The molecule has 2 rings (SSSR count). The maximum atomic E-state index is 12.3. The smallest absolute Gasteiger partial charge is 0.315 e. The number of pyridine rings is 1. The number of aliphatic hydroxyl groups excluding tert-OH is 1. The third kappa shape index (κ3) is 5.97. The molecule has 0 bridgehead atoms. The van der Waals surface area contributed by atoms with Crippen LogP contribution in [0.25, 0.3) is 0 Å². The molecule has 1 fully saturated rings. The van der Waals surface area contributed by atoms with Gasteiger partial charge in [0.15, 0.2) is 0 Å². The maximum Gasteiger partial charge on any atom is 0.315 e. The van der Waals surface area contributed by atoms with E-state index in [1.807, 2.05) is 38.2 Å². The number of aromatic nitrogens is 1. The number of nitrogens with one attached hydrogen (secondary N) is 2. The Balaban J connectivity index is 1.81. The van der Waals surface area contributed by atoms with Crippen molar-refractivity contribution in [1.29, 1.82) is 0 Å². The molecule has 0 saturated carbocycles. The monoisotopic (exact) mass is 348 g/mol. The summed E-state index contributed by atoms with van der Waals surface area (Å²) in [6, 6.07) is 5.97. The number of hydrogen-bond acceptors (Lipinski definition) is 4. The fourth-order valence-corrected chi connectivity index (χ4v) is 3.52. The average molecular weight is 348 g/mol. The highest BCUT2D eigenvalue weighted by Crippen LogP contribution is 2.19. The molecule has 0 aromatic carbocycles. The first-order chi connectivity index (χ1) is 12.0. The Morgan fingerprint density at radius 1 is 1.48 bits per heavy atom. The fraction of sp³-hybridized carbons (Fsp3) is 0.684. The van der Waals surface area contributed by atoms with Crippen LogP contribution in [0.5, 0.6) is 0 Å². The Morgan fingerprint density at radius 3 is 2.88 bits per heavy atom. The maximum absolute atomic E-state index is 12.3. The Bertz CT molecular complexity index is 539. The van der Waals surface area contributed by atoms with Crippen LogP contribution in [0.4, 0.5) is 4.79 Å². The SMILES string of the molecule is CCCC(C)(CO)NC(=O)NC1CCN(Cc2ccccn2)CC1C. The first-order valence-electron chi connectivity index (χ1n) is 9.27. The highest BCUT2D eigenvalue weighted by atomic mass is 16.3. The molecule has 25 heavy (non-hydrogen) atoms. The van der Waals surface area contributed by atoms with Gasteiger partial charge in [-0.05, 0) is 37.8 Å². The Labute approximate surface area is 151 Å². The van der Waals surface area contributed by atoms with Crippen LogP contribution in [0.3, 0.4) is 0 Å². The quantitative estimate of drug-likeness (QED) is 0.705. The number of urea groups is 1. The van der Waals surface area contributed by atoms with Gasteiger partial charge in [0.25, 0.3) is 0 Å². The summed E-state index contributed by atoms with van der Waals surface area (Å²) >= 11 is 0. The second kappa shape index (κ2) is 9.15. The minimum atomic E-state index is -0.554. The number of piperidine rings is 1. The normalized spacial score (nSPS) is 23.7. The van der Waals surface area contributed by atoms with E-state index in [1.165, 1.54) is 0 Å².